The van der Waals surface area contributed by atoms with E-state index in [2.05, 4.69) is 32.7 Å². The number of piperidine rings is 1. The van der Waals surface area contributed by atoms with Crippen LogP contribution in [-0.4, -0.2) is 63.7 Å². The number of aliphatic imine (C=N–C) groups is 1. The van der Waals surface area contributed by atoms with E-state index in [4.69, 9.17) is 16.3 Å². The van der Waals surface area contributed by atoms with E-state index >= 15 is 0 Å². The van der Waals surface area contributed by atoms with Crippen LogP contribution < -0.4 is 10.6 Å². The molecule has 0 atom stereocenters. The number of nitrogens with zero attached hydrogens (tertiary/aromatic N) is 2. The first kappa shape index (κ1) is 21.9. The Morgan fingerprint density at radius 1 is 1.31 bits per heavy atom. The number of carbonyl (C=O) groups excluding carboxylic acids is 1. The molecule has 1 amide bonds. The molecule has 2 saturated heterocycles. The summed E-state index contributed by atoms with van der Waals surface area (Å²) < 4.78 is 5.64. The second-order valence-corrected chi connectivity index (χ2v) is 8.55. The van der Waals surface area contributed by atoms with Crippen LogP contribution in [0.4, 0.5) is 0 Å². The van der Waals surface area contributed by atoms with Gasteiger partial charge in [0.15, 0.2) is 5.96 Å². The average Bonchev–Trinajstić information content (AvgIpc) is 2.76. The summed E-state index contributed by atoms with van der Waals surface area (Å²) in [4.78, 5) is 18.5. The average molecular weight is 421 g/mol. The Labute approximate surface area is 179 Å². The second-order valence-electron chi connectivity index (χ2n) is 8.11. The number of likely N-dealkylation sites (tertiary alicyclic amines) is 1. The molecular weight excluding hydrogens is 388 g/mol. The minimum atomic E-state index is -0.00335. The Morgan fingerprint density at radius 2 is 2.03 bits per heavy atom. The van der Waals surface area contributed by atoms with Gasteiger partial charge in [0.25, 0.3) is 0 Å². The van der Waals surface area contributed by atoms with Gasteiger partial charge in [0, 0.05) is 63.8 Å². The predicted octanol–water partition coefficient (Wildman–Crippen LogP) is 2.81. The summed E-state index contributed by atoms with van der Waals surface area (Å²) in [5, 5.41) is 7.14. The molecule has 2 heterocycles. The van der Waals surface area contributed by atoms with Crippen molar-refractivity contribution in [1.82, 2.24) is 15.5 Å². The molecule has 0 bridgehead atoms. The maximum Gasteiger partial charge on any atom is 0.220 e. The Balaban J connectivity index is 1.62. The van der Waals surface area contributed by atoms with E-state index in [1.54, 1.807) is 7.05 Å². The van der Waals surface area contributed by atoms with E-state index in [-0.39, 0.29) is 11.3 Å². The number of halogens is 1. The largest absolute Gasteiger partial charge is 0.381 e. The van der Waals surface area contributed by atoms with Gasteiger partial charge in [-0.2, -0.15) is 0 Å². The van der Waals surface area contributed by atoms with Crippen molar-refractivity contribution in [3.63, 3.8) is 0 Å². The van der Waals surface area contributed by atoms with Crippen molar-refractivity contribution in [2.24, 2.45) is 10.9 Å². The molecule has 2 aliphatic heterocycles. The van der Waals surface area contributed by atoms with Crippen molar-refractivity contribution in [3.05, 3.63) is 34.9 Å². The van der Waals surface area contributed by atoms with Crippen LogP contribution in [-0.2, 0) is 14.9 Å². The van der Waals surface area contributed by atoms with E-state index in [1.165, 1.54) is 5.56 Å². The van der Waals surface area contributed by atoms with Gasteiger partial charge in [-0.05, 0) is 49.3 Å². The summed E-state index contributed by atoms with van der Waals surface area (Å²) in [6, 6.07) is 8.21. The lowest BCUT2D eigenvalue weighted by Gasteiger charge is -2.40. The number of guanidine groups is 1. The monoisotopic (exact) mass is 420 g/mol. The molecule has 29 heavy (non-hydrogen) atoms. The first-order valence-electron chi connectivity index (χ1n) is 10.6. The third-order valence-corrected chi connectivity index (χ3v) is 6.59. The number of ether oxygens (including phenoxy) is 1. The van der Waals surface area contributed by atoms with Crippen molar-refractivity contribution in [3.8, 4) is 0 Å². The fourth-order valence-electron chi connectivity index (χ4n) is 4.44. The zero-order valence-electron chi connectivity index (χ0n) is 17.5. The molecule has 6 nitrogen and oxygen atoms in total. The molecule has 0 spiro atoms. The fraction of sp³-hybridized carbons (Fsp3) is 0.636. The van der Waals surface area contributed by atoms with Crippen molar-refractivity contribution in [2.45, 2.75) is 37.5 Å². The minimum Gasteiger partial charge on any atom is -0.381 e. The summed E-state index contributed by atoms with van der Waals surface area (Å²) in [7, 11) is 3.55. The lowest BCUT2D eigenvalue weighted by Crippen LogP contribution is -2.51. The molecule has 0 radical (unpaired) electrons. The summed E-state index contributed by atoms with van der Waals surface area (Å²) in [6.45, 7) is 4.18. The highest BCUT2D eigenvalue weighted by Gasteiger charge is 2.35. The first-order valence-corrected chi connectivity index (χ1v) is 10.9. The van der Waals surface area contributed by atoms with Gasteiger partial charge < -0.3 is 20.3 Å². The quantitative estimate of drug-likeness (QED) is 0.567. The molecule has 0 aliphatic carbocycles. The number of rotatable bonds is 5. The van der Waals surface area contributed by atoms with E-state index in [0.717, 1.165) is 69.5 Å². The van der Waals surface area contributed by atoms with E-state index in [1.807, 2.05) is 19.2 Å². The van der Waals surface area contributed by atoms with Crippen LogP contribution in [0.5, 0.6) is 0 Å². The van der Waals surface area contributed by atoms with Gasteiger partial charge in [0.05, 0.1) is 0 Å². The molecule has 1 aromatic rings. The van der Waals surface area contributed by atoms with Gasteiger partial charge in [-0.3, -0.25) is 9.79 Å². The van der Waals surface area contributed by atoms with Gasteiger partial charge in [0.2, 0.25) is 5.91 Å². The van der Waals surface area contributed by atoms with Gasteiger partial charge in [-0.1, -0.05) is 23.7 Å². The summed E-state index contributed by atoms with van der Waals surface area (Å²) in [6.07, 6.45) is 4.58. The topological polar surface area (TPSA) is 66.0 Å². The van der Waals surface area contributed by atoms with Gasteiger partial charge in [-0.25, -0.2) is 0 Å². The fourth-order valence-corrected chi connectivity index (χ4v) is 4.63. The van der Waals surface area contributed by atoms with Crippen LogP contribution in [0.1, 0.15) is 37.7 Å². The van der Waals surface area contributed by atoms with Crippen LogP contribution in [0.25, 0.3) is 0 Å². The SMILES string of the molecule is CN=C(NCC1(c2cccc(Cl)c2)CCOCC1)N1CCC(CC(=O)NC)CC1. The van der Waals surface area contributed by atoms with Crippen molar-refractivity contribution < 1.29 is 9.53 Å². The molecule has 7 heteroatoms. The number of hydrogen-bond donors (Lipinski definition) is 2. The summed E-state index contributed by atoms with van der Waals surface area (Å²) in [5.41, 5.74) is 1.26. The first-order chi connectivity index (χ1) is 14.1. The number of nitrogens with one attached hydrogen (secondary N) is 2. The summed E-state index contributed by atoms with van der Waals surface area (Å²) in [5.74, 6) is 1.53. The third-order valence-electron chi connectivity index (χ3n) is 6.35. The highest BCUT2D eigenvalue weighted by Crippen LogP contribution is 2.35. The Hall–Kier alpha value is -1.79. The van der Waals surface area contributed by atoms with Crippen LogP contribution >= 0.6 is 11.6 Å². The Morgan fingerprint density at radius 3 is 2.66 bits per heavy atom. The molecular formula is C22H33ClN4O2. The van der Waals surface area contributed by atoms with Crippen LogP contribution in [0.2, 0.25) is 5.02 Å². The standard InChI is InChI=1S/C22H33ClN4O2/c1-24-20(28)14-17-6-10-27(11-7-17)21(25-2)26-16-22(8-12-29-13-9-22)18-4-3-5-19(23)15-18/h3-5,15,17H,6-14,16H2,1-2H3,(H,24,28)(H,25,26). The normalized spacial score (nSPS) is 20.4. The molecule has 0 saturated carbocycles. The third kappa shape index (κ3) is 5.64. The number of benzene rings is 1. The predicted molar refractivity (Wildman–Crippen MR) is 118 cm³/mol. The minimum absolute atomic E-state index is 0.00335. The maximum absolute atomic E-state index is 11.6. The highest BCUT2D eigenvalue weighted by molar-refractivity contribution is 6.30. The molecule has 2 aliphatic rings. The van der Waals surface area contributed by atoms with E-state index < -0.39 is 0 Å². The Kier molecular flexibility index (Phi) is 7.78. The summed E-state index contributed by atoms with van der Waals surface area (Å²) >= 11 is 6.29. The molecule has 0 unspecified atom stereocenters. The van der Waals surface area contributed by atoms with Crippen LogP contribution in [0.3, 0.4) is 0 Å². The molecule has 2 fully saturated rings. The van der Waals surface area contributed by atoms with Crippen LogP contribution in [0.15, 0.2) is 29.3 Å². The van der Waals surface area contributed by atoms with Gasteiger partial charge in [0.1, 0.15) is 0 Å². The van der Waals surface area contributed by atoms with Crippen molar-refractivity contribution in [2.75, 3.05) is 46.9 Å². The maximum atomic E-state index is 11.6. The Bertz CT molecular complexity index is 711. The number of hydrogen-bond acceptors (Lipinski definition) is 3. The smallest absolute Gasteiger partial charge is 0.220 e. The number of carbonyl (C=O) groups is 1. The highest BCUT2D eigenvalue weighted by atomic mass is 35.5. The van der Waals surface area contributed by atoms with Gasteiger partial charge in [-0.15, -0.1) is 0 Å². The van der Waals surface area contributed by atoms with Crippen molar-refractivity contribution in [1.29, 1.82) is 0 Å². The molecule has 0 aromatic heterocycles. The molecule has 3 rings (SSSR count). The van der Waals surface area contributed by atoms with Crippen LogP contribution in [0, 0.1) is 5.92 Å². The number of amides is 1. The lowest BCUT2D eigenvalue weighted by atomic mass is 9.74. The second kappa shape index (κ2) is 10.3. The molecule has 1 aromatic carbocycles. The van der Waals surface area contributed by atoms with Crippen molar-refractivity contribution >= 4 is 23.5 Å². The van der Waals surface area contributed by atoms with E-state index in [9.17, 15) is 4.79 Å². The zero-order valence-corrected chi connectivity index (χ0v) is 18.3. The lowest BCUT2D eigenvalue weighted by molar-refractivity contribution is -0.121. The molecule has 2 N–H and O–H groups in total. The van der Waals surface area contributed by atoms with E-state index in [0.29, 0.717) is 12.3 Å². The zero-order chi connectivity index (χ0) is 20.7. The van der Waals surface area contributed by atoms with Gasteiger partial charge >= 0.3 is 0 Å². The molecule has 160 valence electrons.